The molecule has 0 aliphatic carbocycles. The number of carboxylic acids is 1. The number of hydrogen-bond acceptors (Lipinski definition) is 2. The minimum atomic E-state index is -0.823. The molecule has 1 unspecified atom stereocenters. The maximum absolute atomic E-state index is 10.4. The van der Waals surface area contributed by atoms with Crippen LogP contribution >= 0.6 is 12.2 Å². The Bertz CT molecular complexity index is 219. The molecule has 0 saturated carbocycles. The smallest absolute Gasteiger partial charge is 0.305 e. The van der Waals surface area contributed by atoms with Crippen molar-refractivity contribution in [3.63, 3.8) is 0 Å². The second-order valence-electron chi connectivity index (χ2n) is 2.85. The van der Waals surface area contributed by atoms with Crippen LogP contribution in [0, 0.1) is 0 Å². The van der Waals surface area contributed by atoms with Crippen LogP contribution in [0.5, 0.6) is 0 Å². The van der Waals surface area contributed by atoms with E-state index < -0.39 is 5.97 Å². The third kappa shape index (κ3) is 6.42. The number of thiocarbonyl (C=S) groups is 1. The number of carbonyl (C=O) groups is 1. The van der Waals surface area contributed by atoms with E-state index in [1.165, 1.54) is 0 Å². The van der Waals surface area contributed by atoms with Crippen molar-refractivity contribution in [2.24, 2.45) is 0 Å². The summed E-state index contributed by atoms with van der Waals surface area (Å²) < 4.78 is 0. The molecule has 0 aromatic carbocycles. The van der Waals surface area contributed by atoms with Crippen LogP contribution < -0.4 is 10.6 Å². The first-order valence-corrected chi connectivity index (χ1v) is 4.88. The van der Waals surface area contributed by atoms with E-state index in [0.29, 0.717) is 11.7 Å². The van der Waals surface area contributed by atoms with Gasteiger partial charge in [0.1, 0.15) is 0 Å². The molecule has 0 aliphatic rings. The van der Waals surface area contributed by atoms with Crippen LogP contribution in [-0.4, -0.2) is 28.8 Å². The summed E-state index contributed by atoms with van der Waals surface area (Å²) in [5.74, 6) is -0.823. The Hall–Kier alpha value is -1.10. The van der Waals surface area contributed by atoms with Crippen LogP contribution in [0.25, 0.3) is 0 Å². The first-order chi connectivity index (χ1) is 6.60. The van der Waals surface area contributed by atoms with E-state index in [-0.39, 0.29) is 12.5 Å². The van der Waals surface area contributed by atoms with Gasteiger partial charge in [-0.1, -0.05) is 13.0 Å². The number of aliphatic carboxylic acids is 1. The van der Waals surface area contributed by atoms with E-state index in [2.05, 4.69) is 17.2 Å². The van der Waals surface area contributed by atoms with Crippen LogP contribution in [0.4, 0.5) is 0 Å². The summed E-state index contributed by atoms with van der Waals surface area (Å²) in [5, 5.41) is 14.9. The molecule has 0 aliphatic heterocycles. The third-order valence-corrected chi connectivity index (χ3v) is 1.92. The van der Waals surface area contributed by atoms with Crippen molar-refractivity contribution in [3.8, 4) is 0 Å². The van der Waals surface area contributed by atoms with Gasteiger partial charge in [-0.05, 0) is 18.6 Å². The predicted octanol–water partition coefficient (Wildman–Crippen LogP) is 0.890. The molecular weight excluding hydrogens is 200 g/mol. The first kappa shape index (κ1) is 12.9. The van der Waals surface area contributed by atoms with Crippen molar-refractivity contribution in [2.75, 3.05) is 6.54 Å². The average molecular weight is 216 g/mol. The molecule has 3 N–H and O–H groups in total. The Morgan fingerprint density at radius 3 is 2.79 bits per heavy atom. The Kier molecular flexibility index (Phi) is 6.74. The monoisotopic (exact) mass is 216 g/mol. The predicted molar refractivity (Wildman–Crippen MR) is 60.3 cm³/mol. The highest BCUT2D eigenvalue weighted by Gasteiger charge is 2.11. The van der Waals surface area contributed by atoms with Gasteiger partial charge in [-0.25, -0.2) is 0 Å². The molecule has 0 saturated heterocycles. The standard InChI is InChI=1S/C9H16N2O2S/c1-3-5-10-9(14)11-7(4-2)6-8(12)13/h3,7H,1,4-6H2,2H3,(H,12,13)(H2,10,11,14). The summed E-state index contributed by atoms with van der Waals surface area (Å²) in [6.45, 7) is 6.03. The number of rotatable bonds is 6. The second kappa shape index (κ2) is 7.32. The van der Waals surface area contributed by atoms with E-state index in [4.69, 9.17) is 17.3 Å². The van der Waals surface area contributed by atoms with Crippen molar-refractivity contribution >= 4 is 23.3 Å². The molecule has 5 heteroatoms. The van der Waals surface area contributed by atoms with Gasteiger partial charge in [0.15, 0.2) is 5.11 Å². The average Bonchev–Trinajstić information content (AvgIpc) is 2.12. The van der Waals surface area contributed by atoms with E-state index in [0.717, 1.165) is 6.42 Å². The third-order valence-electron chi connectivity index (χ3n) is 1.66. The zero-order valence-electron chi connectivity index (χ0n) is 8.25. The van der Waals surface area contributed by atoms with Gasteiger partial charge >= 0.3 is 5.97 Å². The lowest BCUT2D eigenvalue weighted by Crippen LogP contribution is -2.42. The van der Waals surface area contributed by atoms with E-state index in [1.807, 2.05) is 6.92 Å². The Labute approximate surface area is 89.4 Å². The summed E-state index contributed by atoms with van der Waals surface area (Å²) >= 11 is 4.95. The second-order valence-corrected chi connectivity index (χ2v) is 3.25. The van der Waals surface area contributed by atoms with Crippen molar-refractivity contribution in [3.05, 3.63) is 12.7 Å². The van der Waals surface area contributed by atoms with Crippen molar-refractivity contribution in [1.29, 1.82) is 0 Å². The lowest BCUT2D eigenvalue weighted by atomic mass is 10.1. The molecule has 0 spiro atoms. The molecule has 0 aromatic rings. The van der Waals surface area contributed by atoms with Gasteiger partial charge in [-0.15, -0.1) is 6.58 Å². The van der Waals surface area contributed by atoms with Gasteiger partial charge in [0.2, 0.25) is 0 Å². The molecular formula is C9H16N2O2S. The maximum atomic E-state index is 10.4. The topological polar surface area (TPSA) is 61.4 Å². The van der Waals surface area contributed by atoms with Crippen molar-refractivity contribution in [1.82, 2.24) is 10.6 Å². The minimum absolute atomic E-state index is 0.0758. The van der Waals surface area contributed by atoms with Crippen LogP contribution in [-0.2, 0) is 4.79 Å². The Morgan fingerprint density at radius 1 is 1.71 bits per heavy atom. The van der Waals surface area contributed by atoms with E-state index in [1.54, 1.807) is 6.08 Å². The highest BCUT2D eigenvalue weighted by atomic mass is 32.1. The van der Waals surface area contributed by atoms with Crippen LogP contribution in [0.3, 0.4) is 0 Å². The fraction of sp³-hybridized carbons (Fsp3) is 0.556. The summed E-state index contributed by atoms with van der Waals surface area (Å²) in [6, 6.07) is -0.114. The first-order valence-electron chi connectivity index (χ1n) is 4.47. The summed E-state index contributed by atoms with van der Waals surface area (Å²) in [7, 11) is 0. The fourth-order valence-corrected chi connectivity index (χ4v) is 1.16. The molecule has 4 nitrogen and oxygen atoms in total. The van der Waals surface area contributed by atoms with Crippen LogP contribution in [0.15, 0.2) is 12.7 Å². The lowest BCUT2D eigenvalue weighted by molar-refractivity contribution is -0.137. The summed E-state index contributed by atoms with van der Waals surface area (Å²) in [5.41, 5.74) is 0. The minimum Gasteiger partial charge on any atom is -0.481 e. The molecule has 0 radical (unpaired) electrons. The highest BCUT2D eigenvalue weighted by Crippen LogP contribution is 1.96. The molecule has 0 rings (SSSR count). The molecule has 0 bridgehead atoms. The molecule has 0 fully saturated rings. The fourth-order valence-electron chi connectivity index (χ4n) is 0.910. The quantitative estimate of drug-likeness (QED) is 0.454. The number of carboxylic acid groups (broad SMARTS) is 1. The zero-order chi connectivity index (χ0) is 11.0. The van der Waals surface area contributed by atoms with Crippen molar-refractivity contribution < 1.29 is 9.90 Å². The molecule has 0 aromatic heterocycles. The molecule has 14 heavy (non-hydrogen) atoms. The lowest BCUT2D eigenvalue weighted by Gasteiger charge is -2.17. The van der Waals surface area contributed by atoms with Crippen molar-refractivity contribution in [2.45, 2.75) is 25.8 Å². The van der Waals surface area contributed by atoms with Crippen LogP contribution in [0.2, 0.25) is 0 Å². The van der Waals surface area contributed by atoms with Gasteiger partial charge < -0.3 is 15.7 Å². The molecule has 0 amide bonds. The highest BCUT2D eigenvalue weighted by molar-refractivity contribution is 7.80. The van der Waals surface area contributed by atoms with Gasteiger partial charge in [0.05, 0.1) is 6.42 Å². The van der Waals surface area contributed by atoms with Gasteiger partial charge in [0, 0.05) is 12.6 Å². The Morgan fingerprint density at radius 2 is 2.36 bits per heavy atom. The number of nitrogens with one attached hydrogen (secondary N) is 2. The summed E-state index contributed by atoms with van der Waals surface area (Å²) in [6.07, 6.45) is 2.49. The van der Waals surface area contributed by atoms with Gasteiger partial charge in [-0.3, -0.25) is 4.79 Å². The molecule has 80 valence electrons. The van der Waals surface area contributed by atoms with E-state index in [9.17, 15) is 4.79 Å². The maximum Gasteiger partial charge on any atom is 0.305 e. The largest absolute Gasteiger partial charge is 0.481 e. The Balaban J connectivity index is 3.85. The van der Waals surface area contributed by atoms with Crippen LogP contribution in [0.1, 0.15) is 19.8 Å². The summed E-state index contributed by atoms with van der Waals surface area (Å²) in [4.78, 5) is 10.4. The van der Waals surface area contributed by atoms with E-state index >= 15 is 0 Å². The molecule has 1 atom stereocenters. The van der Waals surface area contributed by atoms with Gasteiger partial charge in [-0.2, -0.15) is 0 Å². The number of hydrogen-bond donors (Lipinski definition) is 3. The van der Waals surface area contributed by atoms with Gasteiger partial charge in [0.25, 0.3) is 0 Å². The normalized spacial score (nSPS) is 11.5. The SMILES string of the molecule is C=CCNC(=S)NC(CC)CC(=O)O. The zero-order valence-corrected chi connectivity index (χ0v) is 9.06. The molecule has 0 heterocycles.